The number of methoxy groups -OCH3 is 1. The second kappa shape index (κ2) is 9.07. The average Bonchev–Trinajstić information content (AvgIpc) is 2.62. The summed E-state index contributed by atoms with van der Waals surface area (Å²) in [6.45, 7) is 3.49. The average molecular weight is 375 g/mol. The number of carbonyl (C=O) groups is 2. The Hall–Kier alpha value is -3.03. The van der Waals surface area contributed by atoms with Crippen LogP contribution < -0.4 is 10.9 Å². The van der Waals surface area contributed by atoms with Gasteiger partial charge in [-0.15, -0.1) is 0 Å². The monoisotopic (exact) mass is 375 g/mol. The number of hydrogen-bond acceptors (Lipinski definition) is 5. The number of carbonyl (C=O) groups excluding carboxylic acids is 2. The Bertz CT molecular complexity index is 862. The van der Waals surface area contributed by atoms with E-state index in [1.54, 1.807) is 0 Å². The van der Waals surface area contributed by atoms with E-state index in [4.69, 9.17) is 4.74 Å². The van der Waals surface area contributed by atoms with E-state index in [1.165, 1.54) is 43.5 Å². The maximum absolute atomic E-state index is 13.1. The number of ether oxygens (including phenoxy) is 1. The number of benzene rings is 1. The van der Waals surface area contributed by atoms with Gasteiger partial charge < -0.3 is 10.1 Å². The number of hydrogen-bond donors (Lipinski definition) is 1. The van der Waals surface area contributed by atoms with Gasteiger partial charge in [0.25, 0.3) is 5.56 Å². The van der Waals surface area contributed by atoms with Crippen LogP contribution >= 0.6 is 0 Å². The highest BCUT2D eigenvalue weighted by molar-refractivity contribution is 5.84. The second-order valence-electron chi connectivity index (χ2n) is 6.49. The molecule has 1 heterocycles. The molecule has 1 amide bonds. The predicted molar refractivity (Wildman–Crippen MR) is 97.3 cm³/mol. The van der Waals surface area contributed by atoms with Gasteiger partial charge in [-0.2, -0.15) is 5.10 Å². The molecule has 0 fully saturated rings. The van der Waals surface area contributed by atoms with E-state index in [-0.39, 0.29) is 18.3 Å². The summed E-state index contributed by atoms with van der Waals surface area (Å²) in [7, 11) is 1.25. The van der Waals surface area contributed by atoms with Gasteiger partial charge in [-0.25, -0.2) is 13.9 Å². The summed E-state index contributed by atoms with van der Waals surface area (Å²) >= 11 is 0. The van der Waals surface area contributed by atoms with Crippen molar-refractivity contribution in [2.75, 3.05) is 7.11 Å². The number of rotatable bonds is 7. The molecule has 0 saturated carbocycles. The first kappa shape index (κ1) is 20.3. The number of halogens is 1. The lowest BCUT2D eigenvalue weighted by atomic mass is 10.0. The minimum absolute atomic E-state index is 0.164. The van der Waals surface area contributed by atoms with Crippen LogP contribution in [0.2, 0.25) is 0 Å². The molecule has 1 unspecified atom stereocenters. The van der Waals surface area contributed by atoms with Crippen molar-refractivity contribution in [2.24, 2.45) is 5.92 Å². The first-order valence-electron chi connectivity index (χ1n) is 8.51. The van der Waals surface area contributed by atoms with Gasteiger partial charge in [0.1, 0.15) is 18.4 Å². The van der Waals surface area contributed by atoms with E-state index in [9.17, 15) is 18.8 Å². The van der Waals surface area contributed by atoms with E-state index >= 15 is 0 Å². The van der Waals surface area contributed by atoms with Crippen molar-refractivity contribution in [3.05, 3.63) is 52.6 Å². The predicted octanol–water partition coefficient (Wildman–Crippen LogP) is 1.75. The second-order valence-corrected chi connectivity index (χ2v) is 6.49. The van der Waals surface area contributed by atoms with E-state index in [1.807, 2.05) is 13.8 Å². The summed E-state index contributed by atoms with van der Waals surface area (Å²) in [6, 6.07) is 7.62. The summed E-state index contributed by atoms with van der Waals surface area (Å²) in [5.74, 6) is -1.29. The molecular formula is C19H22FN3O4. The van der Waals surface area contributed by atoms with Crippen LogP contribution in [0.3, 0.4) is 0 Å². The summed E-state index contributed by atoms with van der Waals surface area (Å²) in [5, 5.41) is 6.73. The lowest BCUT2D eigenvalue weighted by Crippen LogP contribution is -2.44. The Labute approximate surface area is 156 Å². The molecule has 1 aromatic carbocycles. The zero-order chi connectivity index (χ0) is 20.0. The molecular weight excluding hydrogens is 353 g/mol. The lowest BCUT2D eigenvalue weighted by Gasteiger charge is -2.18. The van der Waals surface area contributed by atoms with Crippen molar-refractivity contribution in [1.82, 2.24) is 15.1 Å². The molecule has 2 aromatic rings. The molecule has 2 rings (SSSR count). The van der Waals surface area contributed by atoms with Crippen molar-refractivity contribution >= 4 is 11.9 Å². The summed E-state index contributed by atoms with van der Waals surface area (Å²) < 4.78 is 18.8. The van der Waals surface area contributed by atoms with Gasteiger partial charge in [-0.3, -0.25) is 9.59 Å². The molecule has 0 radical (unpaired) electrons. The van der Waals surface area contributed by atoms with Gasteiger partial charge in [0.15, 0.2) is 0 Å². The smallest absolute Gasteiger partial charge is 0.328 e. The topological polar surface area (TPSA) is 90.3 Å². The standard InChI is InChI=1S/C19H22FN3O4/c1-12(2)10-16(19(26)27-3)21-17(24)11-23-18(25)9-8-15(22-23)13-4-6-14(20)7-5-13/h4-9,12,16H,10-11H2,1-3H3,(H,21,24). The minimum Gasteiger partial charge on any atom is -0.467 e. The van der Waals surface area contributed by atoms with Gasteiger partial charge in [0.05, 0.1) is 12.8 Å². The molecule has 0 bridgehead atoms. The van der Waals surface area contributed by atoms with Crippen LogP contribution in [0.15, 0.2) is 41.2 Å². The first-order chi connectivity index (χ1) is 12.8. The molecule has 0 saturated heterocycles. The fraction of sp³-hybridized carbons (Fsp3) is 0.368. The Kier molecular flexibility index (Phi) is 6.81. The van der Waals surface area contributed by atoms with Crippen molar-refractivity contribution in [1.29, 1.82) is 0 Å². The molecule has 7 nitrogen and oxygen atoms in total. The molecule has 1 atom stereocenters. The van der Waals surface area contributed by atoms with Gasteiger partial charge in [-0.1, -0.05) is 13.8 Å². The Morgan fingerprint density at radius 2 is 1.85 bits per heavy atom. The van der Waals surface area contributed by atoms with Gasteiger partial charge in [0, 0.05) is 11.6 Å². The van der Waals surface area contributed by atoms with Gasteiger partial charge in [0.2, 0.25) is 5.91 Å². The van der Waals surface area contributed by atoms with E-state index < -0.39 is 23.5 Å². The van der Waals surface area contributed by atoms with Gasteiger partial charge in [-0.05, 0) is 42.7 Å². The van der Waals surface area contributed by atoms with Crippen LogP contribution in [0.5, 0.6) is 0 Å². The Morgan fingerprint density at radius 3 is 2.44 bits per heavy atom. The minimum atomic E-state index is -0.793. The zero-order valence-electron chi connectivity index (χ0n) is 15.4. The van der Waals surface area contributed by atoms with Crippen molar-refractivity contribution in [2.45, 2.75) is 32.9 Å². The van der Waals surface area contributed by atoms with Crippen LogP contribution in [0.25, 0.3) is 11.3 Å². The third kappa shape index (κ3) is 5.73. The summed E-state index contributed by atoms with van der Waals surface area (Å²) in [4.78, 5) is 36.1. The number of esters is 1. The van der Waals surface area contributed by atoms with Crippen LogP contribution in [0.4, 0.5) is 4.39 Å². The largest absolute Gasteiger partial charge is 0.467 e. The van der Waals surface area contributed by atoms with Crippen molar-refractivity contribution < 1.29 is 18.7 Å². The highest BCUT2D eigenvalue weighted by Gasteiger charge is 2.23. The van der Waals surface area contributed by atoms with Gasteiger partial charge >= 0.3 is 5.97 Å². The normalized spacial score (nSPS) is 11.9. The summed E-state index contributed by atoms with van der Waals surface area (Å²) in [5.41, 5.74) is 0.571. The van der Waals surface area contributed by atoms with Crippen LogP contribution in [0.1, 0.15) is 20.3 Å². The Balaban J connectivity index is 2.16. The fourth-order valence-electron chi connectivity index (χ4n) is 2.54. The number of aromatic nitrogens is 2. The van der Waals surface area contributed by atoms with Crippen LogP contribution in [-0.4, -0.2) is 34.8 Å². The van der Waals surface area contributed by atoms with Crippen LogP contribution in [0, 0.1) is 11.7 Å². The zero-order valence-corrected chi connectivity index (χ0v) is 15.4. The molecule has 27 heavy (non-hydrogen) atoms. The molecule has 144 valence electrons. The third-order valence-electron chi connectivity index (χ3n) is 3.83. The highest BCUT2D eigenvalue weighted by atomic mass is 19.1. The molecule has 0 aliphatic carbocycles. The van der Waals surface area contributed by atoms with Crippen molar-refractivity contribution in [3.8, 4) is 11.3 Å². The van der Waals surface area contributed by atoms with Crippen molar-refractivity contribution in [3.63, 3.8) is 0 Å². The maximum atomic E-state index is 13.1. The SMILES string of the molecule is COC(=O)C(CC(C)C)NC(=O)Cn1nc(-c2ccc(F)cc2)ccc1=O. The highest BCUT2D eigenvalue weighted by Crippen LogP contribution is 2.15. The number of nitrogens with one attached hydrogen (secondary N) is 1. The van der Waals surface area contributed by atoms with E-state index in [2.05, 4.69) is 10.4 Å². The lowest BCUT2D eigenvalue weighted by molar-refractivity contribution is -0.145. The number of nitrogens with zero attached hydrogens (tertiary/aromatic N) is 2. The molecule has 0 aliphatic rings. The molecule has 0 spiro atoms. The Morgan fingerprint density at radius 1 is 1.19 bits per heavy atom. The summed E-state index contributed by atoms with van der Waals surface area (Å²) in [6.07, 6.45) is 0.413. The van der Waals surface area contributed by atoms with E-state index in [0.717, 1.165) is 4.68 Å². The molecule has 1 N–H and O–H groups in total. The molecule has 0 aliphatic heterocycles. The quantitative estimate of drug-likeness (QED) is 0.745. The third-order valence-corrected chi connectivity index (χ3v) is 3.83. The maximum Gasteiger partial charge on any atom is 0.328 e. The number of amides is 1. The van der Waals surface area contributed by atoms with Crippen LogP contribution in [-0.2, 0) is 20.9 Å². The van der Waals surface area contributed by atoms with E-state index in [0.29, 0.717) is 17.7 Å². The first-order valence-corrected chi connectivity index (χ1v) is 8.51. The molecule has 8 heteroatoms. The fourth-order valence-corrected chi connectivity index (χ4v) is 2.54. The molecule has 1 aromatic heterocycles.